The number of fused-ring (bicyclic) bond motifs is 1. The summed E-state index contributed by atoms with van der Waals surface area (Å²) in [7, 11) is 1.56. The maximum Gasteiger partial charge on any atom is 0.255 e. The van der Waals surface area contributed by atoms with Gasteiger partial charge in [0.1, 0.15) is 0 Å². The van der Waals surface area contributed by atoms with Crippen LogP contribution in [-0.2, 0) is 11.3 Å². The van der Waals surface area contributed by atoms with Crippen LogP contribution in [0.4, 0.5) is 0 Å². The number of likely N-dealkylation sites (tertiary alicyclic amines) is 1. The Bertz CT molecular complexity index is 615. The molecule has 2 unspecified atom stereocenters. The van der Waals surface area contributed by atoms with Crippen LogP contribution in [0, 0.1) is 5.92 Å². The molecule has 8 heteroatoms. The van der Waals surface area contributed by atoms with Crippen LogP contribution in [0.25, 0.3) is 0 Å². The summed E-state index contributed by atoms with van der Waals surface area (Å²) in [5.74, 6) is 1.08. The quantitative estimate of drug-likeness (QED) is 0.775. The predicted octanol–water partition coefficient (Wildman–Crippen LogP) is 1.82. The fourth-order valence-corrected chi connectivity index (χ4v) is 3.96. The lowest BCUT2D eigenvalue weighted by Gasteiger charge is -2.35. The zero-order valence-electron chi connectivity index (χ0n) is 14.3. The van der Waals surface area contributed by atoms with Crippen molar-refractivity contribution >= 4 is 29.9 Å². The lowest BCUT2D eigenvalue weighted by atomic mass is 9.93. The third kappa shape index (κ3) is 4.91. The summed E-state index contributed by atoms with van der Waals surface area (Å²) in [5, 5.41) is 4.01. The summed E-state index contributed by atoms with van der Waals surface area (Å²) in [6.45, 7) is 3.92. The first-order valence-corrected chi connectivity index (χ1v) is 8.68. The Morgan fingerprint density at radius 2 is 2.24 bits per heavy atom. The number of hydrogen-bond donors (Lipinski definition) is 2. The Hall–Kier alpha value is -1.21. The first-order chi connectivity index (χ1) is 11.6. The second-order valence-corrected chi connectivity index (χ2v) is 6.90. The summed E-state index contributed by atoms with van der Waals surface area (Å²) < 4.78 is 10.7. The topological polar surface area (TPSA) is 76.8 Å². The van der Waals surface area contributed by atoms with Crippen molar-refractivity contribution in [1.82, 2.24) is 10.2 Å². The van der Waals surface area contributed by atoms with E-state index in [-0.39, 0.29) is 19.0 Å². The van der Waals surface area contributed by atoms with Gasteiger partial charge in [0.25, 0.3) is 5.91 Å². The minimum atomic E-state index is -0.551. The van der Waals surface area contributed by atoms with Gasteiger partial charge < -0.3 is 20.5 Å². The van der Waals surface area contributed by atoms with Crippen LogP contribution < -0.4 is 20.5 Å². The van der Waals surface area contributed by atoms with Crippen molar-refractivity contribution in [3.8, 4) is 11.5 Å². The number of hydrogen-bond acceptors (Lipinski definition) is 5. The highest BCUT2D eigenvalue weighted by molar-refractivity contribution is 6.32. The van der Waals surface area contributed by atoms with Crippen molar-refractivity contribution < 1.29 is 14.3 Å². The monoisotopic (exact) mass is 389 g/mol. The number of nitrogens with one attached hydrogen (secondary N) is 1. The van der Waals surface area contributed by atoms with E-state index >= 15 is 0 Å². The molecule has 3 rings (SSSR count). The smallest absolute Gasteiger partial charge is 0.255 e. The first kappa shape index (κ1) is 20.1. The molecular formula is C17H25Cl2N3O3. The van der Waals surface area contributed by atoms with E-state index in [1.54, 1.807) is 7.11 Å². The molecule has 2 heterocycles. The van der Waals surface area contributed by atoms with Gasteiger partial charge in [0.05, 0.1) is 12.1 Å². The molecule has 3 N–H and O–H groups in total. The number of benzene rings is 1. The minimum absolute atomic E-state index is 0. The van der Waals surface area contributed by atoms with Gasteiger partial charge >= 0.3 is 0 Å². The average molecular weight is 390 g/mol. The Balaban J connectivity index is 0.00000225. The number of primary amides is 1. The number of nitrogens with zero attached hydrogens (tertiary/aromatic N) is 1. The third-order valence-corrected chi connectivity index (χ3v) is 5.07. The highest BCUT2D eigenvalue weighted by Gasteiger charge is 2.32. The van der Waals surface area contributed by atoms with Gasteiger partial charge in [-0.1, -0.05) is 11.6 Å². The molecule has 0 aromatic heterocycles. The van der Waals surface area contributed by atoms with Crippen molar-refractivity contribution in [1.29, 1.82) is 0 Å². The van der Waals surface area contributed by atoms with Gasteiger partial charge in [-0.3, -0.25) is 9.69 Å². The number of rotatable bonds is 6. The highest BCUT2D eigenvalue weighted by atomic mass is 35.5. The molecule has 0 bridgehead atoms. The zero-order chi connectivity index (χ0) is 17.1. The number of piperidine rings is 1. The average Bonchev–Trinajstić information content (AvgIpc) is 3.00. The maximum absolute atomic E-state index is 10.9. The van der Waals surface area contributed by atoms with E-state index in [1.165, 1.54) is 12.8 Å². The molecule has 1 aromatic carbocycles. The summed E-state index contributed by atoms with van der Waals surface area (Å²) in [6, 6.07) is 4.48. The van der Waals surface area contributed by atoms with Crippen LogP contribution >= 0.6 is 24.0 Å². The number of methoxy groups -OCH3 is 1. The Morgan fingerprint density at radius 1 is 1.44 bits per heavy atom. The van der Waals surface area contributed by atoms with Crippen molar-refractivity contribution in [3.05, 3.63) is 22.7 Å². The summed E-state index contributed by atoms with van der Waals surface area (Å²) in [5.41, 5.74) is 6.19. The van der Waals surface area contributed by atoms with Crippen molar-refractivity contribution in [2.45, 2.75) is 25.4 Å². The lowest BCUT2D eigenvalue weighted by molar-refractivity contribution is -0.119. The number of nitrogens with two attached hydrogens (primary N) is 1. The number of halogens is 2. The molecule has 0 aliphatic carbocycles. The Labute approximate surface area is 159 Å². The van der Waals surface area contributed by atoms with Crippen LogP contribution in [-0.4, -0.2) is 50.2 Å². The van der Waals surface area contributed by atoms with Crippen molar-refractivity contribution in [2.24, 2.45) is 11.7 Å². The van der Waals surface area contributed by atoms with Gasteiger partial charge in [-0.25, -0.2) is 0 Å². The molecule has 0 radical (unpaired) electrons. The predicted molar refractivity (Wildman–Crippen MR) is 99.7 cm³/mol. The molecule has 1 amide bonds. The fourth-order valence-electron chi connectivity index (χ4n) is 3.67. The molecule has 6 nitrogen and oxygen atoms in total. The molecule has 0 saturated carbocycles. The van der Waals surface area contributed by atoms with Gasteiger partial charge in [-0.05, 0) is 49.5 Å². The van der Waals surface area contributed by atoms with Crippen LogP contribution in [0.2, 0.25) is 5.02 Å². The molecule has 2 aliphatic heterocycles. The summed E-state index contributed by atoms with van der Waals surface area (Å²) in [4.78, 5) is 13.4. The normalized spacial score (nSPS) is 22.8. The van der Waals surface area contributed by atoms with Gasteiger partial charge in [0.2, 0.25) is 0 Å². The van der Waals surface area contributed by atoms with E-state index in [0.717, 1.165) is 37.7 Å². The zero-order valence-corrected chi connectivity index (χ0v) is 15.9. The van der Waals surface area contributed by atoms with Crippen LogP contribution in [0.5, 0.6) is 11.5 Å². The standard InChI is InChI=1S/C17H24ClN3O3.ClH/c1-23-15-7-11(6-13(18)17(15)24-10-16(19)22)8-21-5-3-14-12(9-21)2-4-20-14;/h6-7,12,14,20H,2-5,8-10H2,1H3,(H2,19,22);1H. The van der Waals surface area contributed by atoms with E-state index < -0.39 is 5.91 Å². The van der Waals surface area contributed by atoms with Gasteiger partial charge in [0, 0.05) is 19.1 Å². The number of carbonyl (C=O) groups is 1. The highest BCUT2D eigenvalue weighted by Crippen LogP contribution is 2.37. The fraction of sp³-hybridized carbons (Fsp3) is 0.588. The molecule has 2 aliphatic rings. The van der Waals surface area contributed by atoms with Crippen LogP contribution in [0.3, 0.4) is 0 Å². The summed E-state index contributed by atoms with van der Waals surface area (Å²) >= 11 is 6.32. The van der Waals surface area contributed by atoms with E-state index in [0.29, 0.717) is 22.6 Å². The SMILES string of the molecule is COc1cc(CN2CCC3NCCC3C2)cc(Cl)c1OCC(N)=O.Cl. The Morgan fingerprint density at radius 3 is 2.96 bits per heavy atom. The van der Waals surface area contributed by atoms with Gasteiger partial charge in [0.15, 0.2) is 18.1 Å². The molecule has 0 spiro atoms. The molecule has 2 saturated heterocycles. The number of amides is 1. The lowest BCUT2D eigenvalue weighted by Crippen LogP contribution is -2.43. The van der Waals surface area contributed by atoms with E-state index in [9.17, 15) is 4.79 Å². The number of carbonyl (C=O) groups excluding carboxylic acids is 1. The molecule has 2 fully saturated rings. The third-order valence-electron chi connectivity index (χ3n) is 4.79. The molecule has 25 heavy (non-hydrogen) atoms. The molecule has 140 valence electrons. The second kappa shape index (κ2) is 8.94. The van der Waals surface area contributed by atoms with Crippen molar-refractivity contribution in [3.63, 3.8) is 0 Å². The van der Waals surface area contributed by atoms with Crippen molar-refractivity contribution in [2.75, 3.05) is 33.4 Å². The largest absolute Gasteiger partial charge is 0.493 e. The van der Waals surface area contributed by atoms with Gasteiger partial charge in [-0.2, -0.15) is 0 Å². The van der Waals surface area contributed by atoms with Gasteiger partial charge in [-0.15, -0.1) is 12.4 Å². The molecule has 1 aromatic rings. The van der Waals surface area contributed by atoms with E-state index in [4.69, 9.17) is 26.8 Å². The minimum Gasteiger partial charge on any atom is -0.493 e. The Kier molecular flexibility index (Phi) is 7.19. The second-order valence-electron chi connectivity index (χ2n) is 6.50. The number of ether oxygens (including phenoxy) is 2. The first-order valence-electron chi connectivity index (χ1n) is 8.30. The molecular weight excluding hydrogens is 365 g/mol. The van der Waals surface area contributed by atoms with Crippen LogP contribution in [0.1, 0.15) is 18.4 Å². The van der Waals surface area contributed by atoms with Crippen LogP contribution in [0.15, 0.2) is 12.1 Å². The van der Waals surface area contributed by atoms with E-state index in [2.05, 4.69) is 10.2 Å². The van der Waals surface area contributed by atoms with E-state index in [1.807, 2.05) is 12.1 Å². The molecule has 2 atom stereocenters. The maximum atomic E-state index is 10.9. The summed E-state index contributed by atoms with van der Waals surface area (Å²) in [6.07, 6.45) is 2.44.